The molecule has 15 nitrogen and oxygen atoms in total. The van der Waals surface area contributed by atoms with Gasteiger partial charge in [0.25, 0.3) is 0 Å². The Morgan fingerprint density at radius 2 is 1.23 bits per heavy atom. The van der Waals surface area contributed by atoms with Crippen molar-refractivity contribution in [2.24, 2.45) is 29.1 Å². The zero-order valence-corrected chi connectivity index (χ0v) is 40.0. The van der Waals surface area contributed by atoms with Gasteiger partial charge in [-0.1, -0.05) is 62.6 Å². The van der Waals surface area contributed by atoms with Crippen molar-refractivity contribution in [3.05, 3.63) is 46.6 Å². The van der Waals surface area contributed by atoms with Gasteiger partial charge in [-0.15, -0.1) is 0 Å². The Morgan fingerprint density at radius 3 is 1.83 bits per heavy atom. The van der Waals surface area contributed by atoms with Crippen molar-refractivity contribution in [2.45, 2.75) is 225 Å². The summed E-state index contributed by atoms with van der Waals surface area (Å²) in [7, 11) is 0. The van der Waals surface area contributed by atoms with Gasteiger partial charge in [-0.2, -0.15) is 0 Å². The molecule has 3 saturated heterocycles. The van der Waals surface area contributed by atoms with Crippen LogP contribution in [0.2, 0.25) is 0 Å². The molecule has 8 N–H and O–H groups in total. The lowest BCUT2D eigenvalue weighted by Crippen LogP contribution is -2.64. The summed E-state index contributed by atoms with van der Waals surface area (Å²) in [5.74, 6) is -1.70. The van der Waals surface area contributed by atoms with Gasteiger partial charge in [0.05, 0.1) is 48.1 Å². The number of aliphatic hydroxyl groups is 8. The van der Waals surface area contributed by atoms with E-state index in [9.17, 15) is 45.6 Å². The summed E-state index contributed by atoms with van der Waals surface area (Å²) in [5.41, 5.74) is 1.62. The van der Waals surface area contributed by atoms with Crippen LogP contribution in [0, 0.1) is 29.1 Å². The highest BCUT2D eigenvalue weighted by atomic mass is 16.8. The monoisotopic (exact) mass is 909 g/mol. The van der Waals surface area contributed by atoms with Gasteiger partial charge in [0.15, 0.2) is 18.9 Å². The lowest BCUT2D eigenvalue weighted by atomic mass is 9.53. The lowest BCUT2D eigenvalue weighted by Gasteiger charge is -2.52. The summed E-state index contributed by atoms with van der Waals surface area (Å²) in [5, 5.41) is 88.6. The molecule has 366 valence electrons. The first-order chi connectivity index (χ1) is 29.8. The molecule has 2 aliphatic carbocycles. The fraction of sp³-hybridized carbons (Fsp3) is 0.816. The van der Waals surface area contributed by atoms with Gasteiger partial charge in [0, 0.05) is 11.3 Å². The highest BCUT2D eigenvalue weighted by molar-refractivity contribution is 5.91. The highest BCUT2D eigenvalue weighted by Crippen LogP contribution is 2.58. The van der Waals surface area contributed by atoms with Crippen LogP contribution in [0.3, 0.4) is 0 Å². The van der Waals surface area contributed by atoms with E-state index in [1.165, 1.54) is 6.92 Å². The Bertz CT molecular complexity index is 1710. The highest BCUT2D eigenvalue weighted by Gasteiger charge is 2.62. The first-order valence-electron chi connectivity index (χ1n) is 23.4. The number of Topliss-reactive ketones (excluding diaryl/α,β-unsaturated/α-hetero) is 1. The Kier molecular flexibility index (Phi) is 17.9. The second-order valence-electron chi connectivity index (χ2n) is 20.4. The molecule has 64 heavy (non-hydrogen) atoms. The SMILES string of the molecule is CC(C)=CCC(O)/C(C)=C/C[C@@]1(O)[C@H](C)[C@@H]2CCC[C@]2(C)C(=O)[C@@H]1/C=C(\C)C(CC=C(C)C)O[C@@H]1O[C@H](C)[C@H](O[C@@H]2O[C@@H](C)[C@H](O[C@@H]3O[C@@H](C)[C@H](O)[C@@H](O)[C@H]3O)[C@@H](O)[C@H]2O)[C@H](O)[C@H]1C. The van der Waals surface area contributed by atoms with Crippen molar-refractivity contribution in [1.82, 2.24) is 0 Å². The van der Waals surface area contributed by atoms with E-state index in [1.54, 1.807) is 20.8 Å². The van der Waals surface area contributed by atoms with Crippen LogP contribution in [0.4, 0.5) is 0 Å². The molecular weight excluding hydrogens is 829 g/mol. The molecule has 0 aromatic rings. The molecular formula is C49H80O15. The summed E-state index contributed by atoms with van der Waals surface area (Å²) < 4.78 is 36.6. The van der Waals surface area contributed by atoms with E-state index in [4.69, 9.17) is 28.4 Å². The number of carbonyl (C=O) groups is 1. The fourth-order valence-electron chi connectivity index (χ4n) is 10.5. The van der Waals surface area contributed by atoms with Crippen molar-refractivity contribution in [2.75, 3.05) is 0 Å². The van der Waals surface area contributed by atoms with Gasteiger partial charge < -0.3 is 69.3 Å². The minimum Gasteiger partial charge on any atom is -0.390 e. The number of fused-ring (bicyclic) bond motifs is 1. The molecule has 2 saturated carbocycles. The molecule has 0 aromatic carbocycles. The van der Waals surface area contributed by atoms with Crippen LogP contribution in [0.25, 0.3) is 0 Å². The smallest absolute Gasteiger partial charge is 0.187 e. The van der Waals surface area contributed by atoms with Crippen LogP contribution >= 0.6 is 0 Å². The minimum absolute atomic E-state index is 0.0101. The Labute approximate surface area is 380 Å². The molecule has 22 atom stereocenters. The fourth-order valence-corrected chi connectivity index (χ4v) is 10.5. The maximum Gasteiger partial charge on any atom is 0.187 e. The molecule has 0 bridgehead atoms. The first kappa shape index (κ1) is 53.0. The molecule has 2 unspecified atom stereocenters. The van der Waals surface area contributed by atoms with Crippen molar-refractivity contribution < 1.29 is 74.1 Å². The zero-order chi connectivity index (χ0) is 47.7. The Morgan fingerprint density at radius 1 is 0.703 bits per heavy atom. The average molecular weight is 909 g/mol. The number of aliphatic hydroxyl groups excluding tert-OH is 7. The van der Waals surface area contributed by atoms with E-state index >= 15 is 0 Å². The third-order valence-electron chi connectivity index (χ3n) is 15.1. The number of hydrogen-bond donors (Lipinski definition) is 8. The molecule has 5 rings (SSSR count). The molecule has 15 heteroatoms. The molecule has 3 aliphatic heterocycles. The van der Waals surface area contributed by atoms with Crippen LogP contribution in [0.15, 0.2) is 46.6 Å². The van der Waals surface area contributed by atoms with Crippen molar-refractivity contribution in [1.29, 1.82) is 0 Å². The molecule has 0 amide bonds. The van der Waals surface area contributed by atoms with Crippen LogP contribution in [-0.2, 0) is 33.2 Å². The maximum atomic E-state index is 14.7. The van der Waals surface area contributed by atoms with Gasteiger partial charge in [0.1, 0.15) is 48.5 Å². The number of ketones is 1. The summed E-state index contributed by atoms with van der Waals surface area (Å²) >= 11 is 0. The number of ether oxygens (including phenoxy) is 6. The minimum atomic E-state index is -1.67. The van der Waals surface area contributed by atoms with E-state index in [1.807, 2.05) is 72.8 Å². The third-order valence-corrected chi connectivity index (χ3v) is 15.1. The van der Waals surface area contributed by atoms with Gasteiger partial charge in [-0.25, -0.2) is 0 Å². The standard InChI is InChI=1S/C49H80O15/c1-23(2)15-17-34(50)25(5)19-21-49(58)28(8)32-14-13-20-48(32,12)44(57)33(49)22-26(6)35(18-16-24(3)4)62-45-27(7)36(51)42(30(10)60-45)63-47-41(56)39(54)43(31(11)61-47)64-46-40(55)38(53)37(52)29(9)59-46/h15-16,19,22,27-43,45-47,50-56,58H,13-14,17-18,20-21H2,1-12H3/b25-19+,26-22+/t27-,28-,29+,30-,31+,32+,33+,34?,35?,36-,37+,38-,39+,40-,41-,42+,43+,45+,46+,47+,48+,49-/m1/s1. The van der Waals surface area contributed by atoms with Crippen LogP contribution < -0.4 is 0 Å². The Hall–Kier alpha value is -1.93. The van der Waals surface area contributed by atoms with E-state index < -0.39 is 121 Å². The molecule has 5 fully saturated rings. The van der Waals surface area contributed by atoms with Crippen molar-refractivity contribution >= 4 is 5.78 Å². The molecule has 0 radical (unpaired) electrons. The maximum absolute atomic E-state index is 14.7. The largest absolute Gasteiger partial charge is 0.390 e. The van der Waals surface area contributed by atoms with E-state index in [2.05, 4.69) is 6.92 Å². The van der Waals surface area contributed by atoms with Gasteiger partial charge in [-0.05, 0) is 117 Å². The average Bonchev–Trinajstić information content (AvgIpc) is 3.65. The van der Waals surface area contributed by atoms with Crippen LogP contribution in [0.5, 0.6) is 0 Å². The molecule has 0 spiro atoms. The first-order valence-corrected chi connectivity index (χ1v) is 23.4. The van der Waals surface area contributed by atoms with Gasteiger partial charge in [0.2, 0.25) is 0 Å². The topological polar surface area (TPSA) is 234 Å². The van der Waals surface area contributed by atoms with Crippen LogP contribution in [0.1, 0.15) is 122 Å². The summed E-state index contributed by atoms with van der Waals surface area (Å²) in [4.78, 5) is 14.7. The molecule has 3 heterocycles. The van der Waals surface area contributed by atoms with E-state index in [0.29, 0.717) is 12.8 Å². The molecule has 5 aliphatic rings. The number of allylic oxidation sites excluding steroid dienone is 2. The predicted molar refractivity (Wildman–Crippen MR) is 237 cm³/mol. The van der Waals surface area contributed by atoms with Gasteiger partial charge in [-0.3, -0.25) is 4.79 Å². The van der Waals surface area contributed by atoms with Crippen LogP contribution in [-0.4, -0.2) is 150 Å². The predicted octanol–water partition coefficient (Wildman–Crippen LogP) is 3.91. The number of rotatable bonds is 15. The van der Waals surface area contributed by atoms with Crippen molar-refractivity contribution in [3.8, 4) is 0 Å². The van der Waals surface area contributed by atoms with E-state index in [0.717, 1.165) is 41.6 Å². The van der Waals surface area contributed by atoms with Gasteiger partial charge >= 0.3 is 0 Å². The zero-order valence-electron chi connectivity index (χ0n) is 40.0. The summed E-state index contributed by atoms with van der Waals surface area (Å²) in [6, 6.07) is 0. The van der Waals surface area contributed by atoms with E-state index in [-0.39, 0.29) is 24.0 Å². The number of hydrogen-bond acceptors (Lipinski definition) is 15. The summed E-state index contributed by atoms with van der Waals surface area (Å²) in [6.45, 7) is 22.3. The summed E-state index contributed by atoms with van der Waals surface area (Å²) in [6.07, 6.45) is -7.60. The number of carbonyl (C=O) groups excluding carboxylic acids is 1. The Balaban J connectivity index is 1.33. The second-order valence-corrected chi connectivity index (χ2v) is 20.4. The lowest BCUT2D eigenvalue weighted by molar-refractivity contribution is -0.370. The molecule has 0 aromatic heterocycles. The normalized spacial score (nSPS) is 45.4. The van der Waals surface area contributed by atoms with Crippen molar-refractivity contribution in [3.63, 3.8) is 0 Å². The second kappa shape index (κ2) is 21.6. The quantitative estimate of drug-likeness (QED) is 0.109. The third kappa shape index (κ3) is 11.2.